The quantitative estimate of drug-likeness (QED) is 0.537. The first kappa shape index (κ1) is 9.26. The van der Waals surface area contributed by atoms with E-state index in [1.807, 2.05) is 23.5 Å². The Morgan fingerprint density at radius 2 is 2.18 bits per heavy atom. The fourth-order valence-corrected chi connectivity index (χ4v) is 2.71. The van der Waals surface area contributed by atoms with Gasteiger partial charge < -0.3 is 5.32 Å². The van der Waals surface area contributed by atoms with E-state index in [1.54, 1.807) is 0 Å². The molecule has 1 fully saturated rings. The number of rotatable bonds is 4. The van der Waals surface area contributed by atoms with Crippen LogP contribution in [0.25, 0.3) is 0 Å². The minimum absolute atomic E-state index is 0.205. The average molecular weight is 191 g/mol. The van der Waals surface area contributed by atoms with Gasteiger partial charge in [-0.25, -0.2) is 0 Å². The summed E-state index contributed by atoms with van der Waals surface area (Å²) < 4.78 is 0.639. The lowest BCUT2D eigenvalue weighted by atomic mass is 10.0. The van der Waals surface area contributed by atoms with Crippen LogP contribution in [0.4, 0.5) is 0 Å². The van der Waals surface area contributed by atoms with Crippen LogP contribution in [-0.4, -0.2) is 29.0 Å². The van der Waals surface area contributed by atoms with Crippen molar-refractivity contribution in [3.63, 3.8) is 0 Å². The van der Waals surface area contributed by atoms with Crippen LogP contribution in [0.5, 0.6) is 0 Å². The number of amides is 1. The van der Waals surface area contributed by atoms with Gasteiger partial charge in [-0.05, 0) is 18.9 Å². The number of hydrogen-bond donors (Lipinski definition) is 1. The van der Waals surface area contributed by atoms with Gasteiger partial charge in [-0.3, -0.25) is 4.79 Å². The molecular formula is C7H13NOS2. The fraction of sp³-hybridized carbons (Fsp3) is 0.857. The summed E-state index contributed by atoms with van der Waals surface area (Å²) in [5.41, 5.74) is 0. The Morgan fingerprint density at radius 1 is 1.64 bits per heavy atom. The zero-order valence-corrected chi connectivity index (χ0v) is 8.43. The van der Waals surface area contributed by atoms with Crippen molar-refractivity contribution in [2.75, 3.05) is 12.5 Å². The molecule has 2 nitrogen and oxygen atoms in total. The molecule has 0 aromatic rings. The summed E-state index contributed by atoms with van der Waals surface area (Å²) in [6, 6.07) is 0.451. The predicted molar refractivity (Wildman–Crippen MR) is 52.0 cm³/mol. The molecule has 0 aliphatic carbocycles. The average Bonchev–Trinajstić information content (AvgIpc) is 1.96. The van der Waals surface area contributed by atoms with Crippen molar-refractivity contribution in [2.45, 2.75) is 23.5 Å². The summed E-state index contributed by atoms with van der Waals surface area (Å²) in [7, 11) is 0. The first-order valence-corrected chi connectivity index (χ1v) is 6.18. The third-order valence-electron chi connectivity index (χ3n) is 1.80. The lowest BCUT2D eigenvalue weighted by Gasteiger charge is -2.29. The van der Waals surface area contributed by atoms with Crippen LogP contribution in [0.15, 0.2) is 0 Å². The number of β-lactam (4-membered cyclic amide) rings is 1. The Labute approximate surface area is 75.9 Å². The highest BCUT2D eigenvalue weighted by Gasteiger charge is 2.27. The maximum atomic E-state index is 10.5. The summed E-state index contributed by atoms with van der Waals surface area (Å²) in [4.78, 5) is 10.5. The van der Waals surface area contributed by atoms with Crippen molar-refractivity contribution in [1.82, 2.24) is 5.32 Å². The molecule has 64 valence electrons. The lowest BCUT2D eigenvalue weighted by Crippen LogP contribution is -2.49. The fourth-order valence-electron chi connectivity index (χ4n) is 1.09. The number of nitrogens with one attached hydrogen (secondary N) is 1. The highest BCUT2D eigenvalue weighted by atomic mass is 32.2. The van der Waals surface area contributed by atoms with Crippen LogP contribution in [-0.2, 0) is 4.79 Å². The van der Waals surface area contributed by atoms with Gasteiger partial charge >= 0.3 is 0 Å². The molecule has 1 saturated heterocycles. The summed E-state index contributed by atoms with van der Waals surface area (Å²) in [6.45, 7) is 0. The van der Waals surface area contributed by atoms with Crippen LogP contribution >= 0.6 is 23.5 Å². The smallest absolute Gasteiger partial charge is 0.222 e. The molecule has 1 unspecified atom stereocenters. The molecule has 0 aromatic carbocycles. The van der Waals surface area contributed by atoms with E-state index in [9.17, 15) is 4.79 Å². The Kier molecular flexibility index (Phi) is 3.59. The van der Waals surface area contributed by atoms with Crippen LogP contribution in [0.3, 0.4) is 0 Å². The Hall–Kier alpha value is 0.170. The first-order chi connectivity index (χ1) is 5.26. The zero-order chi connectivity index (χ0) is 8.27. The highest BCUT2D eigenvalue weighted by Crippen LogP contribution is 2.26. The minimum atomic E-state index is 0.205. The second kappa shape index (κ2) is 4.26. The largest absolute Gasteiger partial charge is 0.353 e. The van der Waals surface area contributed by atoms with Crippen molar-refractivity contribution < 1.29 is 4.79 Å². The standard InChI is InChI=1S/C7H13NOS2/c1-10-7(11-2)4-5-3-6(9)8-5/h5,7H,3-4H2,1-2H3,(H,8,9). The van der Waals surface area contributed by atoms with E-state index in [1.165, 1.54) is 0 Å². The van der Waals surface area contributed by atoms with E-state index in [0.717, 1.165) is 12.8 Å². The molecule has 0 spiro atoms. The molecule has 1 atom stereocenters. The highest BCUT2D eigenvalue weighted by molar-refractivity contribution is 8.16. The molecule has 1 aliphatic rings. The SMILES string of the molecule is CSC(CC1CC(=O)N1)SC. The first-order valence-electron chi connectivity index (χ1n) is 3.61. The van der Waals surface area contributed by atoms with E-state index in [4.69, 9.17) is 0 Å². The molecule has 4 heteroatoms. The monoisotopic (exact) mass is 191 g/mol. The van der Waals surface area contributed by atoms with Gasteiger partial charge in [0.2, 0.25) is 5.91 Å². The van der Waals surface area contributed by atoms with Crippen LogP contribution < -0.4 is 5.32 Å². The number of thioether (sulfide) groups is 2. The van der Waals surface area contributed by atoms with Crippen molar-refractivity contribution in [3.8, 4) is 0 Å². The Balaban J connectivity index is 2.14. The van der Waals surface area contributed by atoms with E-state index in [0.29, 0.717) is 10.6 Å². The van der Waals surface area contributed by atoms with Gasteiger partial charge in [0.15, 0.2) is 0 Å². The van der Waals surface area contributed by atoms with Crippen molar-refractivity contribution >= 4 is 29.4 Å². The molecule has 0 aromatic heterocycles. The lowest BCUT2D eigenvalue weighted by molar-refractivity contribution is -0.128. The van der Waals surface area contributed by atoms with E-state index in [-0.39, 0.29) is 5.91 Å². The van der Waals surface area contributed by atoms with Crippen molar-refractivity contribution in [1.29, 1.82) is 0 Å². The normalized spacial score (nSPS) is 23.2. The third kappa shape index (κ3) is 2.60. The van der Waals surface area contributed by atoms with Gasteiger partial charge in [0.05, 0.1) is 4.58 Å². The summed E-state index contributed by atoms with van der Waals surface area (Å²) in [5, 5.41) is 2.88. The number of hydrogen-bond acceptors (Lipinski definition) is 3. The molecule has 11 heavy (non-hydrogen) atoms. The van der Waals surface area contributed by atoms with Crippen LogP contribution in [0.2, 0.25) is 0 Å². The maximum absolute atomic E-state index is 10.5. The van der Waals surface area contributed by atoms with Crippen molar-refractivity contribution in [3.05, 3.63) is 0 Å². The van der Waals surface area contributed by atoms with E-state index >= 15 is 0 Å². The third-order valence-corrected chi connectivity index (χ3v) is 4.39. The second-order valence-corrected chi connectivity index (χ2v) is 4.98. The zero-order valence-electron chi connectivity index (χ0n) is 6.79. The maximum Gasteiger partial charge on any atom is 0.222 e. The summed E-state index contributed by atoms with van der Waals surface area (Å²) in [6.07, 6.45) is 6.06. The topological polar surface area (TPSA) is 29.1 Å². The Bertz CT molecular complexity index is 139. The molecule has 1 aliphatic heterocycles. The predicted octanol–water partition coefficient (Wildman–Crippen LogP) is 1.32. The van der Waals surface area contributed by atoms with Crippen molar-refractivity contribution in [2.24, 2.45) is 0 Å². The van der Waals surface area contributed by atoms with Gasteiger partial charge in [0.1, 0.15) is 0 Å². The van der Waals surface area contributed by atoms with Gasteiger partial charge in [0.25, 0.3) is 0 Å². The summed E-state index contributed by atoms with van der Waals surface area (Å²) in [5.74, 6) is 0.205. The Morgan fingerprint density at radius 3 is 2.55 bits per heavy atom. The molecule has 1 N–H and O–H groups in total. The molecule has 1 rings (SSSR count). The number of carbonyl (C=O) groups is 1. The molecule has 0 bridgehead atoms. The van der Waals surface area contributed by atoms with Crippen LogP contribution in [0.1, 0.15) is 12.8 Å². The van der Waals surface area contributed by atoms with Crippen LogP contribution in [0, 0.1) is 0 Å². The molecule has 1 amide bonds. The minimum Gasteiger partial charge on any atom is -0.353 e. The summed E-state index contributed by atoms with van der Waals surface area (Å²) >= 11 is 3.72. The molecular weight excluding hydrogens is 178 g/mol. The van der Waals surface area contributed by atoms with E-state index < -0.39 is 0 Å². The molecule has 0 saturated carbocycles. The van der Waals surface area contributed by atoms with Gasteiger partial charge in [-0.2, -0.15) is 23.5 Å². The number of carbonyl (C=O) groups excluding carboxylic acids is 1. The van der Waals surface area contributed by atoms with Gasteiger partial charge in [-0.1, -0.05) is 0 Å². The molecule has 1 heterocycles. The van der Waals surface area contributed by atoms with Gasteiger partial charge in [0, 0.05) is 12.5 Å². The second-order valence-electron chi connectivity index (χ2n) is 2.61. The van der Waals surface area contributed by atoms with E-state index in [2.05, 4.69) is 17.8 Å². The van der Waals surface area contributed by atoms with Gasteiger partial charge in [-0.15, -0.1) is 0 Å². The molecule has 0 radical (unpaired) electrons.